The van der Waals surface area contributed by atoms with Crippen LogP contribution in [0.1, 0.15) is 36.0 Å². The summed E-state index contributed by atoms with van der Waals surface area (Å²) in [5.41, 5.74) is 0.792. The zero-order valence-electron chi connectivity index (χ0n) is 11.7. The molecule has 0 aromatic heterocycles. The van der Waals surface area contributed by atoms with Crippen molar-refractivity contribution in [3.8, 4) is 0 Å². The van der Waals surface area contributed by atoms with Gasteiger partial charge in [0.1, 0.15) is 0 Å². The number of benzene rings is 1. The molecule has 1 fully saturated rings. The van der Waals surface area contributed by atoms with Gasteiger partial charge in [-0.25, -0.2) is 0 Å². The number of likely N-dealkylation sites (tertiary alicyclic amines) is 1. The van der Waals surface area contributed by atoms with Gasteiger partial charge in [0.05, 0.1) is 0 Å². The SMILES string of the molecule is O=C(CCCN1CCCC(CO)C1)c1ccc(Br)cc1. The maximum atomic E-state index is 12.0. The van der Waals surface area contributed by atoms with Gasteiger partial charge in [-0.3, -0.25) is 4.79 Å². The van der Waals surface area contributed by atoms with Crippen LogP contribution in [0.4, 0.5) is 0 Å². The van der Waals surface area contributed by atoms with Crippen LogP contribution in [0, 0.1) is 5.92 Å². The topological polar surface area (TPSA) is 40.5 Å². The second-order valence-electron chi connectivity index (χ2n) is 5.53. The summed E-state index contributed by atoms with van der Waals surface area (Å²) in [5, 5.41) is 9.21. The number of halogens is 1. The molecule has 1 aliphatic rings. The molecule has 0 radical (unpaired) electrons. The standard InChI is InChI=1S/C16H22BrNO2/c17-15-7-5-14(6-8-15)16(20)4-2-10-18-9-1-3-13(11-18)12-19/h5-8,13,19H,1-4,9-12H2. The van der Waals surface area contributed by atoms with Crippen molar-refractivity contribution in [1.29, 1.82) is 0 Å². The van der Waals surface area contributed by atoms with Gasteiger partial charge in [0.15, 0.2) is 5.78 Å². The first-order valence-corrected chi connectivity index (χ1v) is 8.10. The number of carbonyl (C=O) groups excluding carboxylic acids is 1. The number of hydrogen-bond acceptors (Lipinski definition) is 3. The van der Waals surface area contributed by atoms with Gasteiger partial charge in [0.25, 0.3) is 0 Å². The molecule has 4 heteroatoms. The van der Waals surface area contributed by atoms with E-state index < -0.39 is 0 Å². The Kier molecular flexibility index (Phi) is 6.20. The highest BCUT2D eigenvalue weighted by atomic mass is 79.9. The Hall–Kier alpha value is -0.710. The quantitative estimate of drug-likeness (QED) is 0.809. The van der Waals surface area contributed by atoms with E-state index in [2.05, 4.69) is 20.8 Å². The fourth-order valence-electron chi connectivity index (χ4n) is 2.75. The molecule has 0 amide bonds. The van der Waals surface area contributed by atoms with E-state index in [1.54, 1.807) is 0 Å². The molecule has 110 valence electrons. The van der Waals surface area contributed by atoms with Crippen molar-refractivity contribution in [3.63, 3.8) is 0 Å². The van der Waals surface area contributed by atoms with E-state index in [0.29, 0.717) is 12.3 Å². The molecule has 0 spiro atoms. The van der Waals surface area contributed by atoms with Gasteiger partial charge in [-0.15, -0.1) is 0 Å². The van der Waals surface area contributed by atoms with Gasteiger partial charge < -0.3 is 10.0 Å². The number of piperidine rings is 1. The molecule has 0 aliphatic carbocycles. The summed E-state index contributed by atoms with van der Waals surface area (Å²) in [6.45, 7) is 3.32. The molecular weight excluding hydrogens is 318 g/mol. The fourth-order valence-corrected chi connectivity index (χ4v) is 3.01. The summed E-state index contributed by atoms with van der Waals surface area (Å²) in [6.07, 6.45) is 3.78. The van der Waals surface area contributed by atoms with Crippen molar-refractivity contribution in [1.82, 2.24) is 4.90 Å². The maximum Gasteiger partial charge on any atom is 0.162 e. The first-order chi connectivity index (χ1) is 9.69. The number of carbonyl (C=O) groups is 1. The van der Waals surface area contributed by atoms with E-state index in [1.165, 1.54) is 0 Å². The number of aliphatic hydroxyl groups is 1. The van der Waals surface area contributed by atoms with E-state index in [1.807, 2.05) is 24.3 Å². The van der Waals surface area contributed by atoms with Crippen molar-refractivity contribution >= 4 is 21.7 Å². The Balaban J connectivity index is 1.72. The predicted octanol–water partition coefficient (Wildman–Crippen LogP) is 3.12. The Morgan fingerprint density at radius 2 is 2.10 bits per heavy atom. The van der Waals surface area contributed by atoms with Crippen molar-refractivity contribution < 1.29 is 9.90 Å². The minimum atomic E-state index is 0.216. The number of hydrogen-bond donors (Lipinski definition) is 1. The van der Waals surface area contributed by atoms with Gasteiger partial charge in [0.2, 0.25) is 0 Å². The molecule has 1 unspecified atom stereocenters. The third-order valence-corrected chi connectivity index (χ3v) is 4.43. The molecule has 1 saturated heterocycles. The van der Waals surface area contributed by atoms with Gasteiger partial charge in [0, 0.05) is 29.6 Å². The lowest BCUT2D eigenvalue weighted by atomic mass is 9.98. The van der Waals surface area contributed by atoms with Crippen molar-refractivity contribution in [3.05, 3.63) is 34.3 Å². The monoisotopic (exact) mass is 339 g/mol. The van der Waals surface area contributed by atoms with Crippen LogP contribution in [-0.4, -0.2) is 42.0 Å². The number of rotatable bonds is 6. The largest absolute Gasteiger partial charge is 0.396 e. The van der Waals surface area contributed by atoms with Crippen molar-refractivity contribution in [2.75, 3.05) is 26.2 Å². The van der Waals surface area contributed by atoms with Gasteiger partial charge >= 0.3 is 0 Å². The highest BCUT2D eigenvalue weighted by Gasteiger charge is 2.18. The zero-order valence-corrected chi connectivity index (χ0v) is 13.3. The maximum absolute atomic E-state index is 12.0. The lowest BCUT2D eigenvalue weighted by Gasteiger charge is -2.31. The van der Waals surface area contributed by atoms with Gasteiger partial charge in [-0.2, -0.15) is 0 Å². The molecule has 1 aromatic rings. The molecule has 20 heavy (non-hydrogen) atoms. The molecule has 1 aromatic carbocycles. The van der Waals surface area contributed by atoms with Crippen LogP contribution in [0.2, 0.25) is 0 Å². The van der Waals surface area contributed by atoms with Crippen LogP contribution in [0.5, 0.6) is 0 Å². The summed E-state index contributed by atoms with van der Waals surface area (Å²) >= 11 is 3.37. The average Bonchev–Trinajstić information content (AvgIpc) is 2.48. The molecule has 1 heterocycles. The number of ketones is 1. The van der Waals surface area contributed by atoms with Crippen LogP contribution < -0.4 is 0 Å². The first-order valence-electron chi connectivity index (χ1n) is 7.31. The minimum absolute atomic E-state index is 0.216. The lowest BCUT2D eigenvalue weighted by Crippen LogP contribution is -2.37. The normalized spacial score (nSPS) is 20.0. The Morgan fingerprint density at radius 3 is 2.80 bits per heavy atom. The van der Waals surface area contributed by atoms with E-state index in [-0.39, 0.29) is 12.4 Å². The van der Waals surface area contributed by atoms with Crippen LogP contribution in [0.15, 0.2) is 28.7 Å². The summed E-state index contributed by atoms with van der Waals surface area (Å²) in [5.74, 6) is 0.638. The first kappa shape index (κ1) is 15.7. The van der Waals surface area contributed by atoms with Crippen LogP contribution >= 0.6 is 15.9 Å². The highest BCUT2D eigenvalue weighted by Crippen LogP contribution is 2.17. The second-order valence-corrected chi connectivity index (χ2v) is 6.44. The van der Waals surface area contributed by atoms with E-state index in [9.17, 15) is 9.90 Å². The van der Waals surface area contributed by atoms with Crippen LogP contribution in [-0.2, 0) is 0 Å². The van der Waals surface area contributed by atoms with E-state index in [4.69, 9.17) is 0 Å². The number of aliphatic hydroxyl groups excluding tert-OH is 1. The third kappa shape index (κ3) is 4.69. The van der Waals surface area contributed by atoms with Crippen LogP contribution in [0.25, 0.3) is 0 Å². The fraction of sp³-hybridized carbons (Fsp3) is 0.562. The Labute approximate surface area is 129 Å². The molecule has 2 rings (SSSR count). The molecule has 0 bridgehead atoms. The summed E-state index contributed by atoms with van der Waals surface area (Å²) in [6, 6.07) is 7.55. The molecule has 0 saturated carbocycles. The molecular formula is C16H22BrNO2. The third-order valence-electron chi connectivity index (χ3n) is 3.91. The molecule has 1 N–H and O–H groups in total. The summed E-state index contributed by atoms with van der Waals surface area (Å²) < 4.78 is 0.998. The summed E-state index contributed by atoms with van der Waals surface area (Å²) in [4.78, 5) is 14.4. The number of nitrogens with zero attached hydrogens (tertiary/aromatic N) is 1. The van der Waals surface area contributed by atoms with Crippen LogP contribution in [0.3, 0.4) is 0 Å². The van der Waals surface area contributed by atoms with Gasteiger partial charge in [-0.05, 0) is 50.4 Å². The highest BCUT2D eigenvalue weighted by molar-refractivity contribution is 9.10. The Morgan fingerprint density at radius 1 is 1.35 bits per heavy atom. The minimum Gasteiger partial charge on any atom is -0.396 e. The van der Waals surface area contributed by atoms with Crippen molar-refractivity contribution in [2.24, 2.45) is 5.92 Å². The van der Waals surface area contributed by atoms with Crippen molar-refractivity contribution in [2.45, 2.75) is 25.7 Å². The molecule has 1 atom stereocenters. The average molecular weight is 340 g/mol. The molecule has 1 aliphatic heterocycles. The van der Waals surface area contributed by atoms with E-state index in [0.717, 1.165) is 48.9 Å². The zero-order chi connectivity index (χ0) is 14.4. The Bertz CT molecular complexity index is 433. The van der Waals surface area contributed by atoms with Gasteiger partial charge in [-0.1, -0.05) is 28.1 Å². The second kappa shape index (κ2) is 7.91. The lowest BCUT2D eigenvalue weighted by molar-refractivity contribution is 0.0955. The number of Topliss-reactive ketones (excluding diaryl/α,β-unsaturated/α-hetero) is 1. The van der Waals surface area contributed by atoms with E-state index >= 15 is 0 Å². The molecule has 3 nitrogen and oxygen atoms in total. The predicted molar refractivity (Wildman–Crippen MR) is 84.0 cm³/mol. The summed E-state index contributed by atoms with van der Waals surface area (Å²) in [7, 11) is 0. The smallest absolute Gasteiger partial charge is 0.162 e.